The fraction of sp³-hybridized carbons (Fsp3) is 0.138. The van der Waals surface area contributed by atoms with Crippen molar-refractivity contribution in [2.45, 2.75) is 35.5 Å². The van der Waals surface area contributed by atoms with Crippen molar-refractivity contribution in [3.8, 4) is 11.5 Å². The lowest BCUT2D eigenvalue weighted by Gasteiger charge is -2.17. The van der Waals surface area contributed by atoms with Crippen LogP contribution in [0.4, 0.5) is 5.82 Å². The maximum absolute atomic E-state index is 6.24. The van der Waals surface area contributed by atoms with Gasteiger partial charge in [-0.05, 0) is 49.1 Å². The normalized spacial score (nSPS) is 13.0. The third-order valence-electron chi connectivity index (χ3n) is 5.50. The van der Waals surface area contributed by atoms with E-state index in [-0.39, 0.29) is 0 Å². The average Bonchev–Trinajstić information content (AvgIpc) is 2.91. The van der Waals surface area contributed by atoms with E-state index in [4.69, 9.17) is 14.7 Å². The molecule has 5 nitrogen and oxygen atoms in total. The molecule has 35 heavy (non-hydrogen) atoms. The van der Waals surface area contributed by atoms with Crippen LogP contribution in [0.25, 0.3) is 0 Å². The second-order valence-electron chi connectivity index (χ2n) is 8.12. The van der Waals surface area contributed by atoms with Crippen LogP contribution in [0.15, 0.2) is 124 Å². The first-order valence-corrected chi connectivity index (χ1v) is 12.5. The zero-order valence-electron chi connectivity index (χ0n) is 19.3. The van der Waals surface area contributed by atoms with Crippen molar-refractivity contribution in [1.29, 1.82) is 0 Å². The zero-order valence-corrected chi connectivity index (χ0v) is 20.1. The summed E-state index contributed by atoms with van der Waals surface area (Å²) in [7, 11) is 0. The lowest BCUT2D eigenvalue weighted by atomic mass is 10.1. The Morgan fingerprint density at radius 3 is 2.43 bits per heavy atom. The zero-order chi connectivity index (χ0) is 23.7. The molecule has 0 saturated carbocycles. The van der Waals surface area contributed by atoms with E-state index >= 15 is 0 Å². The molecule has 1 aliphatic heterocycles. The highest BCUT2D eigenvalue weighted by molar-refractivity contribution is 7.99. The Morgan fingerprint density at radius 2 is 1.63 bits per heavy atom. The van der Waals surface area contributed by atoms with Gasteiger partial charge in [0.2, 0.25) is 0 Å². The van der Waals surface area contributed by atoms with Crippen LogP contribution in [-0.4, -0.2) is 15.8 Å². The van der Waals surface area contributed by atoms with Gasteiger partial charge in [0.25, 0.3) is 0 Å². The van der Waals surface area contributed by atoms with Gasteiger partial charge >= 0.3 is 0 Å². The topological polar surface area (TPSA) is 59.4 Å². The number of hydrogen-bond acceptors (Lipinski definition) is 6. The largest absolute Gasteiger partial charge is 0.453 e. The highest BCUT2D eigenvalue weighted by atomic mass is 32.2. The average molecular weight is 479 g/mol. The third-order valence-corrected chi connectivity index (χ3v) is 6.47. The number of allylic oxidation sites excluding steroid dienone is 2. The van der Waals surface area contributed by atoms with Crippen LogP contribution in [0.3, 0.4) is 0 Å². The summed E-state index contributed by atoms with van der Waals surface area (Å²) in [6.07, 6.45) is 11.4. The van der Waals surface area contributed by atoms with Crippen molar-refractivity contribution in [2.24, 2.45) is 4.99 Å². The molecule has 2 aromatic carbocycles. The highest BCUT2D eigenvalue weighted by Crippen LogP contribution is 2.35. The fourth-order valence-electron chi connectivity index (χ4n) is 3.76. The number of aryl methyl sites for hydroxylation is 1. The maximum atomic E-state index is 6.24. The first-order valence-electron chi connectivity index (χ1n) is 11.7. The Labute approximate surface area is 210 Å². The number of hydrogen-bond donors (Lipinski definition) is 1. The Balaban J connectivity index is 1.34. The molecule has 0 unspecified atom stereocenters. The molecule has 4 aromatic rings. The second kappa shape index (κ2) is 11.5. The van der Waals surface area contributed by atoms with Crippen molar-refractivity contribution in [3.63, 3.8) is 0 Å². The molecule has 0 atom stereocenters. The van der Waals surface area contributed by atoms with E-state index in [1.54, 1.807) is 24.2 Å². The van der Waals surface area contributed by atoms with Crippen LogP contribution in [0.1, 0.15) is 24.8 Å². The molecule has 0 radical (unpaired) electrons. The number of nitrogens with zero attached hydrogens (tertiary/aromatic N) is 3. The summed E-state index contributed by atoms with van der Waals surface area (Å²) in [6.45, 7) is 0. The van der Waals surface area contributed by atoms with Crippen molar-refractivity contribution in [3.05, 3.63) is 115 Å². The highest BCUT2D eigenvalue weighted by Gasteiger charge is 2.14. The molecule has 0 bridgehead atoms. The minimum absolute atomic E-state index is 0.663. The summed E-state index contributed by atoms with van der Waals surface area (Å²) in [5, 5.41) is 3.44. The standard InChI is InChI=1S/C29H26N4OS/c1-3-8-22(9-4-1)14-15-23-10-7-13-28(32-23)33-29-27(34-24-11-5-2-6-12-24)20-26(21-31-29)35-25-16-18-30-19-17-25/h1-6,8-12,16-21H,7,13-15H2,(H,31,32,33). The van der Waals surface area contributed by atoms with Gasteiger partial charge in [0.15, 0.2) is 11.6 Å². The number of rotatable bonds is 8. The molecular weight excluding hydrogens is 452 g/mol. The van der Waals surface area contributed by atoms with E-state index in [0.717, 1.165) is 52.8 Å². The lowest BCUT2D eigenvalue weighted by molar-refractivity contribution is 0.481. The van der Waals surface area contributed by atoms with Crippen LogP contribution in [0.5, 0.6) is 11.5 Å². The van der Waals surface area contributed by atoms with E-state index in [9.17, 15) is 0 Å². The van der Waals surface area contributed by atoms with Gasteiger partial charge in [-0.25, -0.2) is 9.98 Å². The predicted octanol–water partition coefficient (Wildman–Crippen LogP) is 7.54. The minimum Gasteiger partial charge on any atom is -0.453 e. The lowest BCUT2D eigenvalue weighted by Crippen LogP contribution is -2.16. The van der Waals surface area contributed by atoms with Gasteiger partial charge in [-0.2, -0.15) is 0 Å². The minimum atomic E-state index is 0.663. The summed E-state index contributed by atoms with van der Waals surface area (Å²) in [5.41, 5.74) is 2.43. The smallest absolute Gasteiger partial charge is 0.174 e. The van der Waals surface area contributed by atoms with Gasteiger partial charge in [-0.1, -0.05) is 66.4 Å². The van der Waals surface area contributed by atoms with Crippen molar-refractivity contribution < 1.29 is 4.74 Å². The molecule has 1 N–H and O–H groups in total. The maximum Gasteiger partial charge on any atom is 0.174 e. The molecule has 174 valence electrons. The second-order valence-corrected chi connectivity index (χ2v) is 9.27. The van der Waals surface area contributed by atoms with Gasteiger partial charge in [-0.3, -0.25) is 4.98 Å². The van der Waals surface area contributed by atoms with E-state index in [1.165, 1.54) is 5.56 Å². The van der Waals surface area contributed by atoms with Crippen LogP contribution in [0.2, 0.25) is 0 Å². The predicted molar refractivity (Wildman–Crippen MR) is 142 cm³/mol. The van der Waals surface area contributed by atoms with Crippen LogP contribution < -0.4 is 10.1 Å². The summed E-state index contributed by atoms with van der Waals surface area (Å²) in [5.74, 6) is 3.00. The van der Waals surface area contributed by atoms with E-state index in [0.29, 0.717) is 11.6 Å². The summed E-state index contributed by atoms with van der Waals surface area (Å²) < 4.78 is 6.24. The number of aliphatic imine (C=N–C) groups is 1. The molecule has 0 amide bonds. The number of aromatic nitrogens is 2. The molecule has 5 rings (SSSR count). The summed E-state index contributed by atoms with van der Waals surface area (Å²) >= 11 is 1.62. The molecule has 0 aliphatic carbocycles. The van der Waals surface area contributed by atoms with Crippen molar-refractivity contribution in [1.82, 2.24) is 9.97 Å². The van der Waals surface area contributed by atoms with Crippen molar-refractivity contribution >= 4 is 23.4 Å². The quantitative estimate of drug-likeness (QED) is 0.283. The monoisotopic (exact) mass is 478 g/mol. The number of para-hydroxylation sites is 1. The van der Waals surface area contributed by atoms with Crippen molar-refractivity contribution in [2.75, 3.05) is 5.32 Å². The van der Waals surface area contributed by atoms with E-state index < -0.39 is 0 Å². The number of pyridine rings is 2. The number of ether oxygens (including phenoxy) is 1. The number of nitrogens with one attached hydrogen (secondary N) is 1. The van der Waals surface area contributed by atoms with Gasteiger partial charge in [0.05, 0.1) is 0 Å². The van der Waals surface area contributed by atoms with Gasteiger partial charge in [-0.15, -0.1) is 0 Å². The van der Waals surface area contributed by atoms with Crippen LogP contribution in [0, 0.1) is 0 Å². The number of amidine groups is 1. The molecule has 2 aromatic heterocycles. The first-order chi connectivity index (χ1) is 17.3. The number of anilines is 1. The molecule has 3 heterocycles. The third kappa shape index (κ3) is 6.58. The van der Waals surface area contributed by atoms with Gasteiger partial charge in [0, 0.05) is 46.6 Å². The van der Waals surface area contributed by atoms with E-state index in [1.807, 2.05) is 60.8 Å². The Bertz CT molecular complexity index is 1310. The van der Waals surface area contributed by atoms with Gasteiger partial charge in [0.1, 0.15) is 11.6 Å². The molecule has 0 spiro atoms. The SMILES string of the molecule is C1=C(CCc2ccccc2)N=C(Nc2ncc(Sc3ccncc3)cc2Oc2ccccc2)CC1. The molecule has 0 saturated heterocycles. The molecular formula is C29H26N4OS. The Kier molecular flexibility index (Phi) is 7.51. The number of benzene rings is 2. The molecule has 6 heteroatoms. The molecule has 0 fully saturated rings. The Hall–Kier alpha value is -3.90. The fourth-order valence-corrected chi connectivity index (χ4v) is 4.57. The first kappa shape index (κ1) is 22.9. The molecule has 1 aliphatic rings. The van der Waals surface area contributed by atoms with Crippen LogP contribution >= 0.6 is 11.8 Å². The van der Waals surface area contributed by atoms with Crippen LogP contribution in [-0.2, 0) is 6.42 Å². The Morgan fingerprint density at radius 1 is 0.857 bits per heavy atom. The summed E-state index contributed by atoms with van der Waals surface area (Å²) in [4.78, 5) is 15.8. The van der Waals surface area contributed by atoms with E-state index in [2.05, 4.69) is 40.6 Å². The van der Waals surface area contributed by atoms with Gasteiger partial charge < -0.3 is 10.1 Å². The summed E-state index contributed by atoms with van der Waals surface area (Å²) in [6, 6.07) is 26.3.